The summed E-state index contributed by atoms with van der Waals surface area (Å²) < 4.78 is 121. The Labute approximate surface area is 141 Å². The van der Waals surface area contributed by atoms with Crippen LogP contribution < -0.4 is 18.9 Å². The molecule has 1 aromatic rings. The molecule has 5 nitrogen and oxygen atoms in total. The number of alkyl halides is 5. The molecule has 0 saturated carbocycles. The third-order valence-corrected chi connectivity index (χ3v) is 2.53. The van der Waals surface area contributed by atoms with E-state index < -0.39 is 80.8 Å². The third kappa shape index (κ3) is 5.41. The zero-order valence-electron chi connectivity index (χ0n) is 12.8. The van der Waals surface area contributed by atoms with Crippen molar-refractivity contribution in [3.63, 3.8) is 0 Å². The second-order valence-corrected chi connectivity index (χ2v) is 4.27. The van der Waals surface area contributed by atoms with Crippen molar-refractivity contribution in [3.8, 4) is 23.0 Å². The minimum atomic E-state index is -4.52. The van der Waals surface area contributed by atoms with Crippen LogP contribution in [0.2, 0.25) is 0 Å². The van der Waals surface area contributed by atoms with Gasteiger partial charge in [-0.05, 0) is 4.53 Å². The third-order valence-electron chi connectivity index (χ3n) is 2.53. The molecule has 1 aromatic carbocycles. The first-order valence-electron chi connectivity index (χ1n) is 6.74. The Kier molecular flexibility index (Phi) is 8.48. The largest absolute Gasteiger partial charge is 0.485 e. The van der Waals surface area contributed by atoms with Crippen molar-refractivity contribution in [1.82, 2.24) is 0 Å². The van der Waals surface area contributed by atoms with E-state index in [1.807, 2.05) is 0 Å². The Morgan fingerprint density at radius 2 is 1.27 bits per heavy atom. The number of ether oxygens (including phenoxy) is 4. The monoisotopic (exact) mass is 400 g/mol. The molecule has 1 rings (SSSR count). The van der Waals surface area contributed by atoms with Gasteiger partial charge in [0.05, 0.1) is 0 Å². The molecule has 0 aliphatic heterocycles. The Hall–Kier alpha value is -2.18. The average Bonchev–Trinajstić information content (AvgIpc) is 2.58. The summed E-state index contributed by atoms with van der Waals surface area (Å²) in [5.41, 5.74) is 0. The number of hydrogen-bond acceptors (Lipinski definition) is 5. The molecular weight excluding hydrogens is 388 g/mol. The molecule has 26 heavy (non-hydrogen) atoms. The van der Waals surface area contributed by atoms with Gasteiger partial charge >= 0.3 is 6.11 Å². The van der Waals surface area contributed by atoms with Crippen molar-refractivity contribution in [3.05, 3.63) is 11.6 Å². The number of hydrogen-bond donors (Lipinski definition) is 0. The second-order valence-electron chi connectivity index (χ2n) is 4.27. The van der Waals surface area contributed by atoms with E-state index in [0.29, 0.717) is 0 Å². The molecule has 150 valence electrons. The lowest BCUT2D eigenvalue weighted by Gasteiger charge is -2.22. The predicted molar refractivity (Wildman–Crippen MR) is 68.5 cm³/mol. The van der Waals surface area contributed by atoms with Crippen LogP contribution in [0.3, 0.4) is 0 Å². The molecule has 0 aliphatic carbocycles. The fourth-order valence-corrected chi connectivity index (χ4v) is 1.66. The van der Waals surface area contributed by atoms with Crippen molar-refractivity contribution >= 4 is 0 Å². The summed E-state index contributed by atoms with van der Waals surface area (Å²) in [6.07, 6.45) is -4.52. The van der Waals surface area contributed by atoms with Crippen molar-refractivity contribution in [2.45, 2.75) is 6.11 Å². The SMILES string of the molecule is FCCOc1c(F)c(OCCF)c(OCF)c(OC(F)(F)COF)c1F. The highest BCUT2D eigenvalue weighted by molar-refractivity contribution is 5.58. The van der Waals surface area contributed by atoms with Crippen LogP contribution in [0.1, 0.15) is 0 Å². The van der Waals surface area contributed by atoms with Gasteiger partial charge in [-0.25, -0.2) is 13.2 Å². The van der Waals surface area contributed by atoms with Crippen molar-refractivity contribution < 1.29 is 59.1 Å². The van der Waals surface area contributed by atoms with E-state index in [4.69, 9.17) is 0 Å². The highest BCUT2D eigenvalue weighted by atomic mass is 19.3. The van der Waals surface area contributed by atoms with E-state index in [2.05, 4.69) is 23.9 Å². The van der Waals surface area contributed by atoms with Gasteiger partial charge in [-0.2, -0.15) is 22.5 Å². The summed E-state index contributed by atoms with van der Waals surface area (Å²) >= 11 is 0. The number of halogens is 8. The normalized spacial score (nSPS) is 11.4. The van der Waals surface area contributed by atoms with Gasteiger partial charge in [0.25, 0.3) is 0 Å². The zero-order chi connectivity index (χ0) is 19.7. The van der Waals surface area contributed by atoms with E-state index in [1.54, 1.807) is 0 Å². The number of benzene rings is 1. The molecule has 0 fully saturated rings. The Bertz CT molecular complexity index is 586. The van der Waals surface area contributed by atoms with Gasteiger partial charge in [0, 0.05) is 0 Å². The first-order chi connectivity index (χ1) is 12.3. The summed E-state index contributed by atoms with van der Waals surface area (Å²) in [6, 6.07) is 0. The molecule has 0 spiro atoms. The van der Waals surface area contributed by atoms with Gasteiger partial charge in [0.2, 0.25) is 35.7 Å². The molecule has 0 aromatic heterocycles. The fraction of sp³-hybridized carbons (Fsp3) is 0.538. The van der Waals surface area contributed by atoms with Crippen LogP contribution in [-0.4, -0.2) is 46.1 Å². The molecule has 0 radical (unpaired) electrons. The molecule has 0 bridgehead atoms. The smallest absolute Gasteiger partial charge is 0.425 e. The molecule has 0 unspecified atom stereocenters. The summed E-state index contributed by atoms with van der Waals surface area (Å²) in [7, 11) is 0. The van der Waals surface area contributed by atoms with Crippen LogP contribution in [0, 0.1) is 11.6 Å². The molecule has 0 aliphatic rings. The standard InChI is InChI=1S/C13H12F8O5/c14-1-3-22-9-7(17)10(23-4-2-15)12(24-6-16)11(8(9)18)26-13(19,20)5-25-21/h1-6H2. The lowest BCUT2D eigenvalue weighted by atomic mass is 10.2. The van der Waals surface area contributed by atoms with Gasteiger partial charge in [-0.3, -0.25) is 0 Å². The minimum absolute atomic E-state index is 0.864. The van der Waals surface area contributed by atoms with Crippen molar-refractivity contribution in [2.75, 3.05) is 40.0 Å². The van der Waals surface area contributed by atoms with Crippen molar-refractivity contribution in [2.24, 2.45) is 0 Å². The topological polar surface area (TPSA) is 46.2 Å². The molecule has 0 saturated heterocycles. The lowest BCUT2D eigenvalue weighted by molar-refractivity contribution is -0.268. The summed E-state index contributed by atoms with van der Waals surface area (Å²) in [6.45, 7) is -7.98. The van der Waals surface area contributed by atoms with Gasteiger partial charge in [-0.1, -0.05) is 0 Å². The highest BCUT2D eigenvalue weighted by Gasteiger charge is 2.39. The maximum atomic E-state index is 14.3. The van der Waals surface area contributed by atoms with Crippen LogP contribution in [0.15, 0.2) is 0 Å². The van der Waals surface area contributed by atoms with E-state index >= 15 is 0 Å². The van der Waals surface area contributed by atoms with Gasteiger partial charge in [-0.15, -0.1) is 0 Å². The summed E-state index contributed by atoms with van der Waals surface area (Å²) in [4.78, 5) is 2.68. The van der Waals surface area contributed by atoms with E-state index in [1.165, 1.54) is 0 Å². The summed E-state index contributed by atoms with van der Waals surface area (Å²) in [5.74, 6) is -9.39. The van der Waals surface area contributed by atoms with Crippen LogP contribution >= 0.6 is 0 Å². The predicted octanol–water partition coefficient (Wildman–Crippen LogP) is 3.84. The first-order valence-corrected chi connectivity index (χ1v) is 6.74. The molecule has 0 atom stereocenters. The van der Waals surface area contributed by atoms with Gasteiger partial charge in [0.15, 0.2) is 12.4 Å². The fourth-order valence-electron chi connectivity index (χ4n) is 1.66. The van der Waals surface area contributed by atoms with Crippen LogP contribution in [0.5, 0.6) is 23.0 Å². The van der Waals surface area contributed by atoms with Crippen LogP contribution in [-0.2, 0) is 4.94 Å². The van der Waals surface area contributed by atoms with E-state index in [0.717, 1.165) is 0 Å². The zero-order valence-corrected chi connectivity index (χ0v) is 12.8. The first kappa shape index (κ1) is 21.9. The molecule has 0 heterocycles. The Morgan fingerprint density at radius 3 is 1.77 bits per heavy atom. The van der Waals surface area contributed by atoms with E-state index in [-0.39, 0.29) is 0 Å². The Morgan fingerprint density at radius 1 is 0.731 bits per heavy atom. The molecule has 0 amide bonds. The average molecular weight is 400 g/mol. The quantitative estimate of drug-likeness (QED) is 0.499. The van der Waals surface area contributed by atoms with Gasteiger partial charge < -0.3 is 18.9 Å². The minimum Gasteiger partial charge on any atom is -0.485 e. The molecular formula is C13H12F8O5. The summed E-state index contributed by atoms with van der Waals surface area (Å²) in [5, 5.41) is 0. The Balaban J connectivity index is 3.54. The van der Waals surface area contributed by atoms with E-state index in [9.17, 15) is 35.3 Å². The highest BCUT2D eigenvalue weighted by Crippen LogP contribution is 2.48. The number of rotatable bonds is 12. The van der Waals surface area contributed by atoms with Crippen molar-refractivity contribution in [1.29, 1.82) is 0 Å². The lowest BCUT2D eigenvalue weighted by Crippen LogP contribution is -2.30. The maximum absolute atomic E-state index is 14.3. The van der Waals surface area contributed by atoms with Gasteiger partial charge in [0.1, 0.15) is 26.6 Å². The second kappa shape index (κ2) is 10.1. The maximum Gasteiger partial charge on any atom is 0.425 e. The van der Waals surface area contributed by atoms with Crippen LogP contribution in [0.4, 0.5) is 35.3 Å². The molecule has 13 heteroatoms. The molecule has 0 N–H and O–H groups in total. The van der Waals surface area contributed by atoms with Crippen LogP contribution in [0.25, 0.3) is 0 Å².